The molecule has 0 bridgehead atoms. The first kappa shape index (κ1) is 1.49. The highest BCUT2D eigenvalue weighted by Gasteiger charge is 1.66. The van der Waals surface area contributed by atoms with Crippen LogP contribution in [0.15, 0.2) is 10.2 Å². The van der Waals surface area contributed by atoms with Crippen LogP contribution < -0.4 is 5.53 Å². The third kappa shape index (κ3) is 0.00378. The molecule has 1 aliphatic rings. The van der Waals surface area contributed by atoms with Crippen molar-refractivity contribution in [2.24, 2.45) is 10.2 Å². The lowest BCUT2D eigenvalue weighted by Gasteiger charge is -1.82. The van der Waals surface area contributed by atoms with Gasteiger partial charge in [0, 0.05) is 0 Å². The molecule has 0 unspecified atom stereocenters. The van der Waals surface area contributed by atoms with Crippen LogP contribution in [0.25, 0.3) is 0 Å². The number of rotatable bonds is 0. The first-order valence-electron chi connectivity index (χ1n) is 0.894. The summed E-state index contributed by atoms with van der Waals surface area (Å²) < 4.78 is 0. The van der Waals surface area contributed by atoms with Gasteiger partial charge in [0.05, 0.1) is 0 Å². The van der Waals surface area contributed by atoms with Gasteiger partial charge in [0.25, 0.3) is 0 Å². The van der Waals surface area contributed by atoms with Crippen molar-refractivity contribution in [2.75, 3.05) is 0 Å². The standard InChI is InChI=1S/CHN3/c1-2-4-3-1/h4H. The Morgan fingerprint density at radius 1 is 1.50 bits per heavy atom. The summed E-state index contributed by atoms with van der Waals surface area (Å²) in [4.78, 5) is 0. The van der Waals surface area contributed by atoms with E-state index in [1.165, 1.54) is 0 Å². The largest absolute Gasteiger partial charge is 0.178 e. The topological polar surface area (TPSA) is 36.8 Å². The SMILES string of the molecule is C1=NNN=1. The van der Waals surface area contributed by atoms with Crippen LogP contribution in [0.5, 0.6) is 0 Å². The molecule has 20 valence electrons. The summed E-state index contributed by atoms with van der Waals surface area (Å²) in [5.74, 6) is 0. The van der Waals surface area contributed by atoms with E-state index in [4.69, 9.17) is 0 Å². The molecule has 0 radical (unpaired) electrons. The molecule has 3 nitrogen and oxygen atoms in total. The number of hydrogen-bond donors (Lipinski definition) is 1. The zero-order chi connectivity index (χ0) is 2.83. The van der Waals surface area contributed by atoms with Gasteiger partial charge in [-0.2, -0.15) is 5.53 Å². The summed E-state index contributed by atoms with van der Waals surface area (Å²) in [6.45, 7) is 0. The highest BCUT2D eigenvalue weighted by Crippen LogP contribution is 1.59. The van der Waals surface area contributed by atoms with Crippen LogP contribution in [-0.2, 0) is 0 Å². The Bertz CT molecular complexity index is 61.4. The lowest BCUT2D eigenvalue weighted by Crippen LogP contribution is -1.98. The summed E-state index contributed by atoms with van der Waals surface area (Å²) in [6.07, 6.45) is 0. The summed E-state index contributed by atoms with van der Waals surface area (Å²) >= 11 is 0. The van der Waals surface area contributed by atoms with Crippen molar-refractivity contribution in [3.8, 4) is 0 Å². The highest BCUT2D eigenvalue weighted by molar-refractivity contribution is 5.43. The van der Waals surface area contributed by atoms with E-state index in [1.54, 1.807) is 0 Å². The Labute approximate surface area is 23.0 Å². The van der Waals surface area contributed by atoms with Crippen LogP contribution in [-0.4, -0.2) is 6.01 Å². The monoisotopic (exact) mass is 55.0 g/mol. The second-order valence-corrected chi connectivity index (χ2v) is 0.424. The van der Waals surface area contributed by atoms with Crippen LogP contribution in [0.3, 0.4) is 0 Å². The molecule has 0 atom stereocenters. The van der Waals surface area contributed by atoms with E-state index in [2.05, 4.69) is 21.7 Å². The molecule has 1 rings (SSSR count). The van der Waals surface area contributed by atoms with Gasteiger partial charge in [-0.25, -0.2) is 0 Å². The highest BCUT2D eigenvalue weighted by atomic mass is 15.6. The maximum Gasteiger partial charge on any atom is 0.143 e. The van der Waals surface area contributed by atoms with Gasteiger partial charge in [0.2, 0.25) is 0 Å². The van der Waals surface area contributed by atoms with Crippen LogP contribution in [0.1, 0.15) is 0 Å². The van der Waals surface area contributed by atoms with E-state index in [0.717, 1.165) is 0 Å². The third-order valence-electron chi connectivity index (χ3n) is 0.200. The lowest BCUT2D eigenvalue weighted by atomic mass is 11.4. The molecule has 0 amide bonds. The van der Waals surface area contributed by atoms with Crippen molar-refractivity contribution >= 4 is 6.01 Å². The molecule has 0 saturated heterocycles. The van der Waals surface area contributed by atoms with Crippen LogP contribution in [0, 0.1) is 0 Å². The van der Waals surface area contributed by atoms with Crippen LogP contribution in [0.2, 0.25) is 0 Å². The summed E-state index contributed by atoms with van der Waals surface area (Å²) in [5.41, 5.74) is 2.25. The zero-order valence-electron chi connectivity index (χ0n) is 1.89. The first-order valence-corrected chi connectivity index (χ1v) is 0.894. The average Bonchev–Trinajstić information content (AvgIpc) is 0.722. The molecule has 0 saturated carbocycles. The van der Waals surface area contributed by atoms with Gasteiger partial charge in [0.1, 0.15) is 6.01 Å². The van der Waals surface area contributed by atoms with Crippen molar-refractivity contribution in [2.45, 2.75) is 0 Å². The fourth-order valence-corrected chi connectivity index (χ4v) is 0.0500. The smallest absolute Gasteiger partial charge is 0.143 e. The number of hydrogen-bond acceptors (Lipinski definition) is 3. The molecule has 0 aromatic carbocycles. The number of nitrogens with zero attached hydrogens (tertiary/aromatic N) is 2. The predicted molar refractivity (Wildman–Crippen MR) is 13.0 cm³/mol. The molecular weight excluding hydrogens is 54.0 g/mol. The molecule has 3 heteroatoms. The Hall–Kier alpha value is -0.820. The van der Waals surface area contributed by atoms with E-state index >= 15 is 0 Å². The molecule has 0 fully saturated rings. The van der Waals surface area contributed by atoms with Gasteiger partial charge in [-0.3, -0.25) is 0 Å². The molecule has 0 aliphatic carbocycles. The predicted octanol–water partition coefficient (Wildman–Crippen LogP) is -0.407. The van der Waals surface area contributed by atoms with Crippen molar-refractivity contribution in [1.82, 2.24) is 5.53 Å². The fourth-order valence-electron chi connectivity index (χ4n) is 0.0500. The third-order valence-corrected chi connectivity index (χ3v) is 0.200. The zero-order valence-corrected chi connectivity index (χ0v) is 1.89. The minimum Gasteiger partial charge on any atom is -0.178 e. The van der Waals surface area contributed by atoms with Gasteiger partial charge in [-0.1, -0.05) is 10.2 Å². The van der Waals surface area contributed by atoms with Gasteiger partial charge in [0.15, 0.2) is 0 Å². The maximum atomic E-state index is 3.25. The molecule has 1 N–H and O–H groups in total. The van der Waals surface area contributed by atoms with Gasteiger partial charge in [-0.05, 0) is 0 Å². The Morgan fingerprint density at radius 3 is 1.75 bits per heavy atom. The van der Waals surface area contributed by atoms with Gasteiger partial charge < -0.3 is 0 Å². The summed E-state index contributed by atoms with van der Waals surface area (Å²) in [7, 11) is 0. The Morgan fingerprint density at radius 2 is 1.75 bits per heavy atom. The Kier molecular flexibility index (Phi) is 0.112. The molecule has 1 heterocycles. The second-order valence-electron chi connectivity index (χ2n) is 0.424. The molecule has 4 heavy (non-hydrogen) atoms. The van der Waals surface area contributed by atoms with Crippen molar-refractivity contribution < 1.29 is 0 Å². The lowest BCUT2D eigenvalue weighted by molar-refractivity contribution is 0.769. The minimum absolute atomic E-state index is 2.25. The fraction of sp³-hybridized carbons (Fsp3) is 0. The quantitative estimate of drug-likeness (QED) is 0.402. The maximum absolute atomic E-state index is 3.25. The van der Waals surface area contributed by atoms with E-state index in [-0.39, 0.29) is 0 Å². The molecule has 0 aromatic heterocycles. The second kappa shape index (κ2) is 0.300. The average molecular weight is 55.0 g/mol. The van der Waals surface area contributed by atoms with E-state index in [9.17, 15) is 0 Å². The van der Waals surface area contributed by atoms with Gasteiger partial charge >= 0.3 is 0 Å². The minimum atomic E-state index is 2.25. The van der Waals surface area contributed by atoms with Crippen LogP contribution in [0.4, 0.5) is 0 Å². The van der Waals surface area contributed by atoms with Crippen molar-refractivity contribution in [3.63, 3.8) is 0 Å². The Balaban J connectivity index is 2.95. The summed E-state index contributed by atoms with van der Waals surface area (Å²) in [5, 5.41) is 6.50. The molecule has 0 aromatic rings. The van der Waals surface area contributed by atoms with E-state index < -0.39 is 0 Å². The number of hydrazone groups is 2. The molecule has 1 aliphatic heterocycles. The van der Waals surface area contributed by atoms with Crippen LogP contribution >= 0.6 is 0 Å². The van der Waals surface area contributed by atoms with Crippen molar-refractivity contribution in [1.29, 1.82) is 0 Å². The normalized spacial score (nSPS) is 14.0. The molecular formula is CHN3. The number of nitrogens with one attached hydrogen (secondary N) is 1. The van der Waals surface area contributed by atoms with Gasteiger partial charge in [-0.15, -0.1) is 0 Å². The summed E-state index contributed by atoms with van der Waals surface area (Å²) in [6, 6.07) is 2.25. The molecule has 0 spiro atoms. The van der Waals surface area contributed by atoms with E-state index in [0.29, 0.717) is 0 Å². The first-order chi connectivity index (χ1) is 2.00. The van der Waals surface area contributed by atoms with E-state index in [1.807, 2.05) is 0 Å². The van der Waals surface area contributed by atoms with Crippen molar-refractivity contribution in [3.05, 3.63) is 0 Å².